The molecule has 0 saturated heterocycles. The van der Waals surface area contributed by atoms with Crippen LogP contribution in [-0.4, -0.2) is 50.6 Å². The average molecular weight is 503 g/mol. The summed E-state index contributed by atoms with van der Waals surface area (Å²) in [5, 5.41) is 1.21. The van der Waals surface area contributed by atoms with Gasteiger partial charge < -0.3 is 23.4 Å². The molecule has 1 aliphatic rings. The molecule has 1 aliphatic heterocycles. The smallest absolute Gasteiger partial charge is 0.344 e. The van der Waals surface area contributed by atoms with E-state index in [1.165, 1.54) is 39.5 Å². The van der Waals surface area contributed by atoms with Crippen LogP contribution in [-0.2, 0) is 4.79 Å². The molecule has 0 spiro atoms. The third-order valence-corrected chi connectivity index (χ3v) is 6.12. The summed E-state index contributed by atoms with van der Waals surface area (Å²) in [5.41, 5.74) is 0.134. The lowest BCUT2D eigenvalue weighted by Gasteiger charge is -2.15. The van der Waals surface area contributed by atoms with Crippen LogP contribution in [0.3, 0.4) is 0 Å². The highest BCUT2D eigenvalue weighted by Gasteiger charge is 2.35. The van der Waals surface area contributed by atoms with E-state index in [1.807, 2.05) is 0 Å². The lowest BCUT2D eigenvalue weighted by molar-refractivity contribution is -0.134. The molecule has 0 aliphatic carbocycles. The molecule has 1 aromatic heterocycles. The minimum Gasteiger partial charge on any atom is -0.493 e. The molecule has 0 bridgehead atoms. The van der Waals surface area contributed by atoms with Gasteiger partial charge >= 0.3 is 11.6 Å². The van der Waals surface area contributed by atoms with Gasteiger partial charge in [0.25, 0.3) is 11.8 Å². The fraction of sp³-hybridized carbons (Fsp3) is 0.185. The monoisotopic (exact) mass is 503 g/mol. The molecule has 0 radical (unpaired) electrons. The number of benzene rings is 3. The molecule has 5 rings (SSSR count). The van der Waals surface area contributed by atoms with E-state index < -0.39 is 23.4 Å². The molecule has 4 aromatic rings. The summed E-state index contributed by atoms with van der Waals surface area (Å²) in [6, 6.07) is 12.6. The van der Waals surface area contributed by atoms with Crippen molar-refractivity contribution in [3.8, 4) is 23.0 Å². The van der Waals surface area contributed by atoms with Gasteiger partial charge in [-0.1, -0.05) is 12.1 Å². The maximum atomic E-state index is 12.8. The number of esters is 1. The quantitative estimate of drug-likeness (QED) is 0.122. The van der Waals surface area contributed by atoms with E-state index in [1.54, 1.807) is 30.3 Å². The van der Waals surface area contributed by atoms with Crippen LogP contribution in [0.5, 0.6) is 23.0 Å². The van der Waals surface area contributed by atoms with Crippen molar-refractivity contribution < 1.29 is 37.7 Å². The van der Waals surface area contributed by atoms with E-state index in [2.05, 4.69) is 0 Å². The van der Waals surface area contributed by atoms with Crippen LogP contribution in [0.4, 0.5) is 0 Å². The number of methoxy groups -OCH3 is 3. The van der Waals surface area contributed by atoms with Gasteiger partial charge in [0.05, 0.1) is 44.3 Å². The fourth-order valence-corrected chi connectivity index (χ4v) is 4.42. The van der Waals surface area contributed by atoms with Gasteiger partial charge in [-0.2, -0.15) is 0 Å². The van der Waals surface area contributed by atoms with Gasteiger partial charge in [0.2, 0.25) is 5.75 Å². The second-order valence-corrected chi connectivity index (χ2v) is 8.15. The van der Waals surface area contributed by atoms with Crippen molar-refractivity contribution in [2.24, 2.45) is 0 Å². The van der Waals surface area contributed by atoms with E-state index in [-0.39, 0.29) is 29.7 Å². The highest BCUT2D eigenvalue weighted by molar-refractivity contribution is 6.21. The molecule has 2 heterocycles. The highest BCUT2D eigenvalue weighted by Crippen LogP contribution is 2.45. The van der Waals surface area contributed by atoms with Crippen molar-refractivity contribution in [2.75, 3.05) is 27.9 Å². The van der Waals surface area contributed by atoms with Gasteiger partial charge in [0.1, 0.15) is 11.3 Å². The van der Waals surface area contributed by atoms with E-state index in [0.717, 1.165) is 4.90 Å². The van der Waals surface area contributed by atoms with Gasteiger partial charge in [-0.15, -0.1) is 0 Å². The molecule has 2 amide bonds. The summed E-state index contributed by atoms with van der Waals surface area (Å²) in [7, 11) is 4.35. The molecular weight excluding hydrogens is 482 g/mol. The van der Waals surface area contributed by atoms with Crippen LogP contribution in [0.15, 0.2) is 57.7 Å². The van der Waals surface area contributed by atoms with Gasteiger partial charge in [0.15, 0.2) is 11.5 Å². The molecule has 0 saturated carbocycles. The Balaban J connectivity index is 1.41. The lowest BCUT2D eigenvalue weighted by atomic mass is 10.0. The number of rotatable bonds is 7. The Morgan fingerprint density at radius 1 is 0.838 bits per heavy atom. The van der Waals surface area contributed by atoms with E-state index in [0.29, 0.717) is 39.1 Å². The molecule has 0 unspecified atom stereocenters. The first kappa shape index (κ1) is 23.9. The number of hydrogen-bond donors (Lipinski definition) is 0. The number of amides is 2. The van der Waals surface area contributed by atoms with E-state index >= 15 is 0 Å². The van der Waals surface area contributed by atoms with Gasteiger partial charge in [-0.3, -0.25) is 19.3 Å². The number of fused-ring (bicyclic) bond motifs is 4. The number of nitrogens with zero attached hydrogens (tertiary/aromatic N) is 1. The Morgan fingerprint density at radius 2 is 1.51 bits per heavy atom. The Morgan fingerprint density at radius 3 is 2.14 bits per heavy atom. The van der Waals surface area contributed by atoms with Crippen molar-refractivity contribution >= 4 is 39.5 Å². The minimum absolute atomic E-state index is 0.127. The Kier molecular flexibility index (Phi) is 6.00. The Bertz CT molecular complexity index is 1620. The topological polar surface area (TPSA) is 122 Å². The standard InChI is InChI=1S/C27H21NO9/c1-33-20-13-18-22(24(35-3)23(20)34-2)17-9-8-14(12-19(17)37-27(18)32)36-21(29)10-11-28-25(30)15-6-4-5-7-16(15)26(28)31/h4-9,12-13H,10-11H2,1-3H3. The Hall–Kier alpha value is -4.86. The summed E-state index contributed by atoms with van der Waals surface area (Å²) in [4.78, 5) is 51.3. The molecule has 3 aromatic carbocycles. The second-order valence-electron chi connectivity index (χ2n) is 8.15. The zero-order valence-corrected chi connectivity index (χ0v) is 20.2. The summed E-state index contributed by atoms with van der Waals surface area (Å²) >= 11 is 0. The number of imide groups is 1. The number of hydrogen-bond acceptors (Lipinski definition) is 9. The zero-order chi connectivity index (χ0) is 26.3. The lowest BCUT2D eigenvalue weighted by Crippen LogP contribution is -2.32. The minimum atomic E-state index is -0.664. The molecule has 10 nitrogen and oxygen atoms in total. The van der Waals surface area contributed by atoms with Crippen LogP contribution in [0.2, 0.25) is 0 Å². The first-order chi connectivity index (χ1) is 17.9. The predicted molar refractivity (Wildman–Crippen MR) is 132 cm³/mol. The van der Waals surface area contributed by atoms with Crippen LogP contribution in [0, 0.1) is 0 Å². The molecule has 0 atom stereocenters. The SMILES string of the molecule is COc1cc2c(=O)oc3cc(OC(=O)CCN4C(=O)c5ccccc5C4=O)ccc3c2c(OC)c1OC. The average Bonchev–Trinajstić information content (AvgIpc) is 3.15. The molecular formula is C27H21NO9. The molecule has 37 heavy (non-hydrogen) atoms. The summed E-state index contributed by atoms with van der Waals surface area (Å²) in [6.45, 7) is -0.128. The second kappa shape index (κ2) is 9.30. The first-order valence-corrected chi connectivity index (χ1v) is 11.2. The van der Waals surface area contributed by atoms with Crippen molar-refractivity contribution in [3.63, 3.8) is 0 Å². The normalized spacial score (nSPS) is 12.7. The summed E-state index contributed by atoms with van der Waals surface area (Å²) < 4.78 is 27.2. The number of carbonyl (C=O) groups excluding carboxylic acids is 3. The molecule has 188 valence electrons. The van der Waals surface area contributed by atoms with Gasteiger partial charge in [-0.05, 0) is 30.3 Å². The first-order valence-electron chi connectivity index (χ1n) is 11.2. The Labute approximate surface area is 209 Å². The maximum absolute atomic E-state index is 12.8. The van der Waals surface area contributed by atoms with Crippen molar-refractivity contribution in [2.45, 2.75) is 6.42 Å². The van der Waals surface area contributed by atoms with Crippen molar-refractivity contribution in [1.82, 2.24) is 4.90 Å². The van der Waals surface area contributed by atoms with Crippen LogP contribution >= 0.6 is 0 Å². The van der Waals surface area contributed by atoms with E-state index in [4.69, 9.17) is 23.4 Å². The number of carbonyl (C=O) groups is 3. The fourth-order valence-electron chi connectivity index (χ4n) is 4.42. The van der Waals surface area contributed by atoms with E-state index in [9.17, 15) is 19.2 Å². The molecule has 0 fully saturated rings. The third-order valence-electron chi connectivity index (χ3n) is 6.12. The van der Waals surface area contributed by atoms with Gasteiger partial charge in [0, 0.05) is 23.4 Å². The predicted octanol–water partition coefficient (Wildman–Crippen LogP) is 3.56. The van der Waals surface area contributed by atoms with Crippen LogP contribution in [0.25, 0.3) is 21.7 Å². The maximum Gasteiger partial charge on any atom is 0.344 e. The zero-order valence-electron chi connectivity index (χ0n) is 20.2. The largest absolute Gasteiger partial charge is 0.493 e. The number of ether oxygens (including phenoxy) is 4. The van der Waals surface area contributed by atoms with Crippen molar-refractivity contribution in [3.05, 3.63) is 70.1 Å². The molecule has 10 heteroatoms. The summed E-state index contributed by atoms with van der Waals surface area (Å²) in [6.07, 6.45) is -0.212. The van der Waals surface area contributed by atoms with Crippen LogP contribution in [0.1, 0.15) is 27.1 Å². The highest BCUT2D eigenvalue weighted by atomic mass is 16.5. The van der Waals surface area contributed by atoms with Crippen molar-refractivity contribution in [1.29, 1.82) is 0 Å². The summed E-state index contributed by atoms with van der Waals surface area (Å²) in [5.74, 6) is -0.525. The third kappa shape index (κ3) is 3.92. The van der Waals surface area contributed by atoms with Gasteiger partial charge in [-0.25, -0.2) is 4.79 Å². The molecule has 0 N–H and O–H groups in total. The van der Waals surface area contributed by atoms with Crippen LogP contribution < -0.4 is 24.6 Å².